The second-order valence-corrected chi connectivity index (χ2v) is 4.66. The summed E-state index contributed by atoms with van der Waals surface area (Å²) in [6, 6.07) is 8.12. The van der Waals surface area contributed by atoms with Crippen molar-refractivity contribution in [3.05, 3.63) is 40.6 Å². The van der Waals surface area contributed by atoms with Crippen molar-refractivity contribution in [2.75, 3.05) is 18.2 Å². The molecule has 2 aromatic rings. The van der Waals surface area contributed by atoms with Gasteiger partial charge in [0.15, 0.2) is 0 Å². The lowest BCUT2D eigenvalue weighted by atomic mass is 10.1. The fourth-order valence-electron chi connectivity index (χ4n) is 1.66. The normalized spacial score (nSPS) is 12.1. The van der Waals surface area contributed by atoms with E-state index >= 15 is 0 Å². The van der Waals surface area contributed by atoms with Crippen LogP contribution in [-0.2, 0) is 0 Å². The molecule has 1 aromatic carbocycles. The molecule has 4 heteroatoms. The highest BCUT2D eigenvalue weighted by Gasteiger charge is 2.07. The van der Waals surface area contributed by atoms with Gasteiger partial charge in [0.1, 0.15) is 5.75 Å². The molecule has 90 valence electrons. The summed E-state index contributed by atoms with van der Waals surface area (Å²) in [6.45, 7) is 2.13. The van der Waals surface area contributed by atoms with Crippen molar-refractivity contribution in [1.82, 2.24) is 0 Å². The van der Waals surface area contributed by atoms with Crippen molar-refractivity contribution in [2.45, 2.75) is 13.0 Å². The van der Waals surface area contributed by atoms with E-state index in [1.807, 2.05) is 18.2 Å². The van der Waals surface area contributed by atoms with Gasteiger partial charge in [-0.3, -0.25) is 0 Å². The van der Waals surface area contributed by atoms with Crippen LogP contribution in [0.25, 0.3) is 0 Å². The Bertz CT molecular complexity index is 482. The molecular formula is C13H16N2OS. The molecule has 0 aliphatic carbocycles. The Morgan fingerprint density at radius 1 is 1.35 bits per heavy atom. The van der Waals surface area contributed by atoms with Gasteiger partial charge in [0.25, 0.3) is 0 Å². The number of rotatable bonds is 4. The molecule has 1 atom stereocenters. The third-order valence-corrected chi connectivity index (χ3v) is 3.36. The van der Waals surface area contributed by atoms with Gasteiger partial charge in [-0.25, -0.2) is 0 Å². The minimum atomic E-state index is 0.273. The molecule has 17 heavy (non-hydrogen) atoms. The van der Waals surface area contributed by atoms with Gasteiger partial charge in [0.05, 0.1) is 12.8 Å². The van der Waals surface area contributed by atoms with E-state index in [1.165, 1.54) is 5.56 Å². The first kappa shape index (κ1) is 11.8. The van der Waals surface area contributed by atoms with E-state index in [4.69, 9.17) is 10.5 Å². The summed E-state index contributed by atoms with van der Waals surface area (Å²) >= 11 is 1.70. The minimum Gasteiger partial charge on any atom is -0.495 e. The van der Waals surface area contributed by atoms with E-state index in [2.05, 4.69) is 29.1 Å². The number of anilines is 2. The first-order valence-corrected chi connectivity index (χ1v) is 6.37. The Kier molecular flexibility index (Phi) is 3.54. The SMILES string of the molecule is COc1cc(NC(C)c2ccsc2)ccc1N. The fourth-order valence-corrected chi connectivity index (χ4v) is 2.41. The molecule has 3 nitrogen and oxygen atoms in total. The summed E-state index contributed by atoms with van der Waals surface area (Å²) in [7, 11) is 1.62. The van der Waals surface area contributed by atoms with Crippen LogP contribution in [0.3, 0.4) is 0 Å². The van der Waals surface area contributed by atoms with E-state index in [1.54, 1.807) is 18.4 Å². The summed E-state index contributed by atoms with van der Waals surface area (Å²) in [6.07, 6.45) is 0. The van der Waals surface area contributed by atoms with Gasteiger partial charge in [0, 0.05) is 17.8 Å². The van der Waals surface area contributed by atoms with Gasteiger partial charge in [-0.05, 0) is 41.4 Å². The Morgan fingerprint density at radius 3 is 2.82 bits per heavy atom. The highest BCUT2D eigenvalue weighted by molar-refractivity contribution is 7.07. The highest BCUT2D eigenvalue weighted by atomic mass is 32.1. The number of nitrogen functional groups attached to an aromatic ring is 1. The zero-order chi connectivity index (χ0) is 12.3. The number of thiophene rings is 1. The molecule has 0 spiro atoms. The van der Waals surface area contributed by atoms with Crippen LogP contribution in [0, 0.1) is 0 Å². The van der Waals surface area contributed by atoms with Gasteiger partial charge in [-0.1, -0.05) is 0 Å². The van der Waals surface area contributed by atoms with Gasteiger partial charge in [-0.2, -0.15) is 11.3 Å². The lowest BCUT2D eigenvalue weighted by Crippen LogP contribution is -2.05. The Hall–Kier alpha value is -1.68. The molecule has 0 bridgehead atoms. The first-order chi connectivity index (χ1) is 8.20. The van der Waals surface area contributed by atoms with Crippen molar-refractivity contribution in [2.24, 2.45) is 0 Å². The van der Waals surface area contributed by atoms with Crippen molar-refractivity contribution in [3.63, 3.8) is 0 Å². The van der Waals surface area contributed by atoms with Crippen molar-refractivity contribution in [3.8, 4) is 5.75 Å². The van der Waals surface area contributed by atoms with Crippen LogP contribution in [0.15, 0.2) is 35.0 Å². The van der Waals surface area contributed by atoms with Crippen LogP contribution in [0.1, 0.15) is 18.5 Å². The number of hydrogen-bond donors (Lipinski definition) is 2. The maximum Gasteiger partial charge on any atom is 0.143 e. The summed E-state index contributed by atoms with van der Waals surface area (Å²) in [5, 5.41) is 7.64. The maximum absolute atomic E-state index is 5.77. The summed E-state index contributed by atoms with van der Waals surface area (Å²) in [5.41, 5.74) is 8.72. The predicted octanol–water partition coefficient (Wildman–Crippen LogP) is 3.51. The molecule has 3 N–H and O–H groups in total. The molecule has 0 saturated heterocycles. The summed E-state index contributed by atoms with van der Waals surface area (Å²) < 4.78 is 5.19. The van der Waals surface area contributed by atoms with Crippen LogP contribution >= 0.6 is 11.3 Å². The second-order valence-electron chi connectivity index (χ2n) is 3.88. The third kappa shape index (κ3) is 2.71. The summed E-state index contributed by atoms with van der Waals surface area (Å²) in [5.74, 6) is 0.701. The lowest BCUT2D eigenvalue weighted by Gasteiger charge is -2.15. The monoisotopic (exact) mass is 248 g/mol. The molecule has 1 heterocycles. The average molecular weight is 248 g/mol. The van der Waals surface area contributed by atoms with Gasteiger partial charge < -0.3 is 15.8 Å². The third-order valence-electron chi connectivity index (χ3n) is 2.66. The molecule has 0 fully saturated rings. The fraction of sp³-hybridized carbons (Fsp3) is 0.231. The predicted molar refractivity (Wildman–Crippen MR) is 73.8 cm³/mol. The number of nitrogens with two attached hydrogens (primary N) is 1. The molecule has 2 rings (SSSR count). The minimum absolute atomic E-state index is 0.273. The van der Waals surface area contributed by atoms with Crippen LogP contribution in [-0.4, -0.2) is 7.11 Å². The van der Waals surface area contributed by atoms with Gasteiger partial charge >= 0.3 is 0 Å². The van der Waals surface area contributed by atoms with E-state index in [9.17, 15) is 0 Å². The van der Waals surface area contributed by atoms with Crippen LogP contribution < -0.4 is 15.8 Å². The molecule has 0 radical (unpaired) electrons. The van der Waals surface area contributed by atoms with Crippen molar-refractivity contribution >= 4 is 22.7 Å². The molecule has 1 unspecified atom stereocenters. The average Bonchev–Trinajstić information content (AvgIpc) is 2.85. The van der Waals surface area contributed by atoms with E-state index in [-0.39, 0.29) is 6.04 Å². The topological polar surface area (TPSA) is 47.3 Å². The molecule has 1 aromatic heterocycles. The standard InChI is InChI=1S/C13H16N2OS/c1-9(10-5-6-17-8-10)15-11-3-4-12(14)13(7-11)16-2/h3-9,15H,14H2,1-2H3. The maximum atomic E-state index is 5.77. The molecule has 0 aliphatic heterocycles. The smallest absolute Gasteiger partial charge is 0.143 e. The number of nitrogens with one attached hydrogen (secondary N) is 1. The number of benzene rings is 1. The van der Waals surface area contributed by atoms with E-state index in [0.29, 0.717) is 11.4 Å². The number of hydrogen-bond acceptors (Lipinski definition) is 4. The summed E-state index contributed by atoms with van der Waals surface area (Å²) in [4.78, 5) is 0. The van der Waals surface area contributed by atoms with Crippen molar-refractivity contribution in [1.29, 1.82) is 0 Å². The molecule has 0 aliphatic rings. The van der Waals surface area contributed by atoms with Crippen LogP contribution in [0.4, 0.5) is 11.4 Å². The second kappa shape index (κ2) is 5.10. The zero-order valence-electron chi connectivity index (χ0n) is 9.94. The quantitative estimate of drug-likeness (QED) is 0.814. The number of ether oxygens (including phenoxy) is 1. The van der Waals surface area contributed by atoms with Gasteiger partial charge in [-0.15, -0.1) is 0 Å². The zero-order valence-corrected chi connectivity index (χ0v) is 10.8. The Balaban J connectivity index is 2.13. The highest BCUT2D eigenvalue weighted by Crippen LogP contribution is 2.28. The largest absolute Gasteiger partial charge is 0.495 e. The van der Waals surface area contributed by atoms with E-state index < -0.39 is 0 Å². The molecule has 0 saturated carbocycles. The first-order valence-electron chi connectivity index (χ1n) is 5.43. The lowest BCUT2D eigenvalue weighted by molar-refractivity contribution is 0.417. The number of methoxy groups -OCH3 is 1. The Morgan fingerprint density at radius 2 is 2.18 bits per heavy atom. The van der Waals surface area contributed by atoms with Crippen molar-refractivity contribution < 1.29 is 4.74 Å². The molecular weight excluding hydrogens is 232 g/mol. The van der Waals surface area contributed by atoms with Gasteiger partial charge in [0.2, 0.25) is 0 Å². The van der Waals surface area contributed by atoms with E-state index in [0.717, 1.165) is 5.69 Å². The van der Waals surface area contributed by atoms with Crippen LogP contribution in [0.5, 0.6) is 5.75 Å². The molecule has 0 amide bonds. The Labute approximate surface area is 105 Å². The van der Waals surface area contributed by atoms with Crippen LogP contribution in [0.2, 0.25) is 0 Å².